The zero-order valence-electron chi connectivity index (χ0n) is 11.3. The van der Waals surface area contributed by atoms with Crippen molar-refractivity contribution in [2.45, 2.75) is 33.4 Å². The number of rotatable bonds is 4. The summed E-state index contributed by atoms with van der Waals surface area (Å²) in [7, 11) is 0. The molecule has 0 radical (unpaired) electrons. The quantitative estimate of drug-likeness (QED) is 0.890. The van der Waals surface area contributed by atoms with Gasteiger partial charge in [-0.1, -0.05) is 11.6 Å². The fourth-order valence-electron chi connectivity index (χ4n) is 2.13. The van der Waals surface area contributed by atoms with Gasteiger partial charge in [0.15, 0.2) is 0 Å². The molecule has 1 atom stereocenters. The Morgan fingerprint density at radius 2 is 2.05 bits per heavy atom. The second-order valence-electron chi connectivity index (χ2n) is 4.71. The standard InChI is InChI=1S/C15H17ClFNO/c1-9-6-14(11(3)19-9)10(2)18-8-12-7-13(16)4-5-15(12)17/h4-7,10,18H,8H2,1-3H3. The maximum Gasteiger partial charge on any atom is 0.127 e. The molecule has 0 bridgehead atoms. The smallest absolute Gasteiger partial charge is 0.127 e. The van der Waals surface area contributed by atoms with E-state index in [-0.39, 0.29) is 11.9 Å². The highest BCUT2D eigenvalue weighted by Crippen LogP contribution is 2.22. The average Bonchev–Trinajstić information content (AvgIpc) is 2.69. The lowest BCUT2D eigenvalue weighted by molar-refractivity contribution is 0.487. The van der Waals surface area contributed by atoms with Crippen LogP contribution in [-0.4, -0.2) is 0 Å². The summed E-state index contributed by atoms with van der Waals surface area (Å²) < 4.78 is 19.1. The van der Waals surface area contributed by atoms with Crippen LogP contribution in [0.15, 0.2) is 28.7 Å². The Kier molecular flexibility index (Phi) is 4.27. The van der Waals surface area contributed by atoms with Crippen LogP contribution in [0.5, 0.6) is 0 Å². The van der Waals surface area contributed by atoms with Crippen molar-refractivity contribution in [1.82, 2.24) is 5.32 Å². The summed E-state index contributed by atoms with van der Waals surface area (Å²) in [6.45, 7) is 6.30. The molecule has 1 heterocycles. The molecule has 1 aromatic carbocycles. The molecular weight excluding hydrogens is 265 g/mol. The molecule has 2 nitrogen and oxygen atoms in total. The lowest BCUT2D eigenvalue weighted by Crippen LogP contribution is -2.19. The minimum absolute atomic E-state index is 0.0934. The molecule has 1 aromatic heterocycles. The van der Waals surface area contributed by atoms with Crippen LogP contribution in [0.2, 0.25) is 5.02 Å². The van der Waals surface area contributed by atoms with Crippen LogP contribution < -0.4 is 5.32 Å². The Balaban J connectivity index is 2.06. The Hall–Kier alpha value is -1.32. The normalized spacial score (nSPS) is 12.7. The Labute approximate surface area is 117 Å². The van der Waals surface area contributed by atoms with Gasteiger partial charge in [0, 0.05) is 28.7 Å². The highest BCUT2D eigenvalue weighted by Gasteiger charge is 2.13. The van der Waals surface area contributed by atoms with Gasteiger partial charge in [-0.25, -0.2) is 4.39 Å². The summed E-state index contributed by atoms with van der Waals surface area (Å²) >= 11 is 5.87. The second-order valence-corrected chi connectivity index (χ2v) is 5.14. The first-order valence-electron chi connectivity index (χ1n) is 6.21. The van der Waals surface area contributed by atoms with Crippen molar-refractivity contribution in [2.75, 3.05) is 0 Å². The summed E-state index contributed by atoms with van der Waals surface area (Å²) in [5.41, 5.74) is 1.66. The molecule has 0 spiro atoms. The summed E-state index contributed by atoms with van der Waals surface area (Å²) in [4.78, 5) is 0. The largest absolute Gasteiger partial charge is 0.466 e. The number of aryl methyl sites for hydroxylation is 2. The molecule has 0 amide bonds. The molecule has 0 fully saturated rings. The Morgan fingerprint density at radius 3 is 2.68 bits per heavy atom. The predicted molar refractivity (Wildman–Crippen MR) is 74.8 cm³/mol. The van der Waals surface area contributed by atoms with E-state index in [9.17, 15) is 4.39 Å². The molecule has 0 saturated heterocycles. The zero-order chi connectivity index (χ0) is 14.0. The van der Waals surface area contributed by atoms with Gasteiger partial charge in [0.05, 0.1) is 0 Å². The first-order chi connectivity index (χ1) is 8.97. The van der Waals surface area contributed by atoms with Crippen LogP contribution in [0.4, 0.5) is 4.39 Å². The number of furan rings is 1. The van der Waals surface area contributed by atoms with Crippen molar-refractivity contribution in [2.24, 2.45) is 0 Å². The summed E-state index contributed by atoms with van der Waals surface area (Å²) in [6.07, 6.45) is 0. The first-order valence-corrected chi connectivity index (χ1v) is 6.59. The number of benzene rings is 1. The lowest BCUT2D eigenvalue weighted by atomic mass is 10.1. The van der Waals surface area contributed by atoms with E-state index in [2.05, 4.69) is 5.32 Å². The number of hydrogen-bond acceptors (Lipinski definition) is 2. The third kappa shape index (κ3) is 3.37. The van der Waals surface area contributed by atoms with Gasteiger partial charge in [-0.05, 0) is 45.0 Å². The monoisotopic (exact) mass is 281 g/mol. The fraction of sp³-hybridized carbons (Fsp3) is 0.333. The van der Waals surface area contributed by atoms with Crippen LogP contribution in [0, 0.1) is 19.7 Å². The Bertz CT molecular complexity index is 580. The molecule has 2 rings (SSSR count). The summed E-state index contributed by atoms with van der Waals surface area (Å²) in [5.74, 6) is 1.53. The molecule has 0 aliphatic rings. The van der Waals surface area contributed by atoms with Crippen LogP contribution in [0.25, 0.3) is 0 Å². The van der Waals surface area contributed by atoms with E-state index in [1.165, 1.54) is 6.07 Å². The minimum Gasteiger partial charge on any atom is -0.466 e. The molecule has 102 valence electrons. The van der Waals surface area contributed by atoms with Crippen molar-refractivity contribution in [3.63, 3.8) is 0 Å². The van der Waals surface area contributed by atoms with Gasteiger partial charge in [-0.3, -0.25) is 0 Å². The molecule has 0 saturated carbocycles. The maximum atomic E-state index is 13.6. The molecule has 4 heteroatoms. The van der Waals surface area contributed by atoms with E-state index < -0.39 is 0 Å². The topological polar surface area (TPSA) is 25.2 Å². The van der Waals surface area contributed by atoms with Gasteiger partial charge in [-0.15, -0.1) is 0 Å². The maximum absolute atomic E-state index is 13.6. The van der Waals surface area contributed by atoms with Crippen molar-refractivity contribution < 1.29 is 8.81 Å². The van der Waals surface area contributed by atoms with Crippen molar-refractivity contribution in [3.8, 4) is 0 Å². The van der Waals surface area contributed by atoms with Gasteiger partial charge in [0.25, 0.3) is 0 Å². The molecule has 2 aromatic rings. The highest BCUT2D eigenvalue weighted by atomic mass is 35.5. The van der Waals surface area contributed by atoms with Gasteiger partial charge < -0.3 is 9.73 Å². The zero-order valence-corrected chi connectivity index (χ0v) is 12.0. The summed E-state index contributed by atoms with van der Waals surface area (Å²) in [6, 6.07) is 6.67. The SMILES string of the molecule is Cc1cc(C(C)NCc2cc(Cl)ccc2F)c(C)o1. The minimum atomic E-state index is -0.246. The van der Waals surface area contributed by atoms with Crippen LogP contribution >= 0.6 is 11.6 Å². The van der Waals surface area contributed by atoms with Crippen LogP contribution in [0.3, 0.4) is 0 Å². The number of halogens is 2. The number of hydrogen-bond donors (Lipinski definition) is 1. The third-order valence-electron chi connectivity index (χ3n) is 3.15. The van der Waals surface area contributed by atoms with Crippen molar-refractivity contribution >= 4 is 11.6 Å². The lowest BCUT2D eigenvalue weighted by Gasteiger charge is -2.13. The van der Waals surface area contributed by atoms with E-state index in [4.69, 9.17) is 16.0 Å². The second kappa shape index (κ2) is 5.76. The van der Waals surface area contributed by atoms with E-state index in [1.54, 1.807) is 12.1 Å². The van der Waals surface area contributed by atoms with E-state index >= 15 is 0 Å². The predicted octanol–water partition coefficient (Wildman–Crippen LogP) is 4.54. The van der Waals surface area contributed by atoms with Gasteiger partial charge in [0.1, 0.15) is 17.3 Å². The average molecular weight is 282 g/mol. The van der Waals surface area contributed by atoms with E-state index in [0.29, 0.717) is 17.1 Å². The molecule has 0 aliphatic heterocycles. The van der Waals surface area contributed by atoms with Crippen LogP contribution in [0.1, 0.15) is 35.6 Å². The summed E-state index contributed by atoms with van der Waals surface area (Å²) in [5, 5.41) is 3.82. The van der Waals surface area contributed by atoms with Crippen LogP contribution in [-0.2, 0) is 6.54 Å². The number of nitrogens with one attached hydrogen (secondary N) is 1. The molecular formula is C15H17ClFNO. The highest BCUT2D eigenvalue weighted by molar-refractivity contribution is 6.30. The van der Waals surface area contributed by atoms with Gasteiger partial charge in [-0.2, -0.15) is 0 Å². The van der Waals surface area contributed by atoms with Crippen molar-refractivity contribution in [3.05, 3.63) is 57.8 Å². The van der Waals surface area contributed by atoms with E-state index in [0.717, 1.165) is 17.1 Å². The van der Waals surface area contributed by atoms with Gasteiger partial charge in [0.2, 0.25) is 0 Å². The molecule has 1 N–H and O–H groups in total. The molecule has 19 heavy (non-hydrogen) atoms. The van der Waals surface area contributed by atoms with Crippen molar-refractivity contribution in [1.29, 1.82) is 0 Å². The molecule has 0 aliphatic carbocycles. The Morgan fingerprint density at radius 1 is 1.32 bits per heavy atom. The van der Waals surface area contributed by atoms with E-state index in [1.807, 2.05) is 26.8 Å². The first kappa shape index (κ1) is 14.1. The molecule has 1 unspecified atom stereocenters. The third-order valence-corrected chi connectivity index (χ3v) is 3.39. The fourth-order valence-corrected chi connectivity index (χ4v) is 2.33. The van der Waals surface area contributed by atoms with Gasteiger partial charge >= 0.3 is 0 Å².